The molecule has 0 fully saturated rings. The maximum atomic E-state index is 9.86. The van der Waals surface area contributed by atoms with Gasteiger partial charge in [-0.1, -0.05) is 0 Å². The lowest BCUT2D eigenvalue weighted by atomic mass is 10.1. The van der Waals surface area contributed by atoms with Crippen LogP contribution in [0.1, 0.15) is 17.5 Å². The highest BCUT2D eigenvalue weighted by molar-refractivity contribution is 7.07. The number of nitrogens with zero attached hydrogens (tertiary/aromatic N) is 2. The molecule has 2 rings (SSSR count). The van der Waals surface area contributed by atoms with Gasteiger partial charge < -0.3 is 9.67 Å². The van der Waals surface area contributed by atoms with Crippen molar-refractivity contribution in [1.29, 1.82) is 0 Å². The summed E-state index contributed by atoms with van der Waals surface area (Å²) < 4.78 is 1.93. The Balaban J connectivity index is 2.09. The minimum Gasteiger partial charge on any atom is -0.388 e. The van der Waals surface area contributed by atoms with E-state index in [0.29, 0.717) is 6.42 Å². The van der Waals surface area contributed by atoms with Crippen molar-refractivity contribution in [3.8, 4) is 0 Å². The molecule has 14 heavy (non-hydrogen) atoms. The van der Waals surface area contributed by atoms with E-state index in [-0.39, 0.29) is 0 Å². The standard InChI is InChI=1S/C10H12N2OS/c1-12-4-3-11-10(12)6-9(13)8-2-5-14-7-8/h2-5,7,9,13H,6H2,1H3. The predicted octanol–water partition coefficient (Wildman–Crippen LogP) is 1.76. The van der Waals surface area contributed by atoms with Gasteiger partial charge in [-0.3, -0.25) is 0 Å². The molecule has 1 atom stereocenters. The van der Waals surface area contributed by atoms with Gasteiger partial charge in [0.2, 0.25) is 0 Å². The highest BCUT2D eigenvalue weighted by atomic mass is 32.1. The number of hydrogen-bond acceptors (Lipinski definition) is 3. The summed E-state index contributed by atoms with van der Waals surface area (Å²) in [6, 6.07) is 1.94. The second-order valence-corrected chi connectivity index (χ2v) is 4.01. The Morgan fingerprint density at radius 1 is 1.64 bits per heavy atom. The number of aliphatic hydroxyl groups excluding tert-OH is 1. The summed E-state index contributed by atoms with van der Waals surface area (Å²) in [5, 5.41) is 13.8. The van der Waals surface area contributed by atoms with E-state index in [4.69, 9.17) is 0 Å². The van der Waals surface area contributed by atoms with Crippen LogP contribution in [0.3, 0.4) is 0 Å². The molecule has 0 aromatic carbocycles. The first-order valence-electron chi connectivity index (χ1n) is 4.43. The van der Waals surface area contributed by atoms with Crippen molar-refractivity contribution in [2.24, 2.45) is 7.05 Å². The maximum absolute atomic E-state index is 9.86. The van der Waals surface area contributed by atoms with E-state index in [1.165, 1.54) is 0 Å². The fourth-order valence-electron chi connectivity index (χ4n) is 1.35. The summed E-state index contributed by atoms with van der Waals surface area (Å²) in [6.07, 6.45) is 3.76. The van der Waals surface area contributed by atoms with Crippen LogP contribution in [0.5, 0.6) is 0 Å². The minimum absolute atomic E-state index is 0.442. The van der Waals surface area contributed by atoms with Crippen LogP contribution >= 0.6 is 11.3 Å². The molecule has 1 N–H and O–H groups in total. The third-order valence-corrected chi connectivity index (χ3v) is 2.93. The van der Waals surface area contributed by atoms with Gasteiger partial charge in [0.15, 0.2) is 0 Å². The molecule has 0 radical (unpaired) electrons. The summed E-state index contributed by atoms with van der Waals surface area (Å²) >= 11 is 1.60. The molecule has 0 saturated carbocycles. The van der Waals surface area contributed by atoms with E-state index < -0.39 is 6.10 Å². The molecule has 0 amide bonds. The van der Waals surface area contributed by atoms with Crippen molar-refractivity contribution in [2.45, 2.75) is 12.5 Å². The molecule has 2 aromatic heterocycles. The van der Waals surface area contributed by atoms with E-state index in [1.54, 1.807) is 17.5 Å². The minimum atomic E-state index is -0.442. The van der Waals surface area contributed by atoms with Crippen LogP contribution in [-0.2, 0) is 13.5 Å². The fraction of sp³-hybridized carbons (Fsp3) is 0.300. The van der Waals surface area contributed by atoms with Gasteiger partial charge in [0.25, 0.3) is 0 Å². The molecule has 2 heterocycles. The molecule has 0 aliphatic heterocycles. The second-order valence-electron chi connectivity index (χ2n) is 3.23. The van der Waals surface area contributed by atoms with Gasteiger partial charge in [0.1, 0.15) is 5.82 Å². The first-order chi connectivity index (χ1) is 6.77. The normalized spacial score (nSPS) is 13.0. The van der Waals surface area contributed by atoms with Gasteiger partial charge in [0, 0.05) is 25.9 Å². The molecule has 74 valence electrons. The summed E-state index contributed by atoms with van der Waals surface area (Å²) in [5.74, 6) is 0.906. The summed E-state index contributed by atoms with van der Waals surface area (Å²) in [6.45, 7) is 0. The van der Waals surface area contributed by atoms with E-state index >= 15 is 0 Å². The monoisotopic (exact) mass is 208 g/mol. The first-order valence-corrected chi connectivity index (χ1v) is 5.38. The zero-order chi connectivity index (χ0) is 9.97. The molecule has 4 heteroatoms. The SMILES string of the molecule is Cn1ccnc1CC(O)c1ccsc1. The summed E-state index contributed by atoms with van der Waals surface area (Å²) in [4.78, 5) is 4.17. The Morgan fingerprint density at radius 3 is 3.07 bits per heavy atom. The number of aliphatic hydroxyl groups is 1. The highest BCUT2D eigenvalue weighted by Gasteiger charge is 2.11. The molecular weight excluding hydrogens is 196 g/mol. The first kappa shape index (κ1) is 9.43. The van der Waals surface area contributed by atoms with E-state index in [1.807, 2.05) is 34.6 Å². The molecule has 1 unspecified atom stereocenters. The van der Waals surface area contributed by atoms with Crippen LogP contribution in [-0.4, -0.2) is 14.7 Å². The van der Waals surface area contributed by atoms with Gasteiger partial charge >= 0.3 is 0 Å². The lowest BCUT2D eigenvalue weighted by Gasteiger charge is -2.08. The average Bonchev–Trinajstić information content (AvgIpc) is 2.77. The molecule has 0 aliphatic carbocycles. The largest absolute Gasteiger partial charge is 0.388 e. The maximum Gasteiger partial charge on any atom is 0.111 e. The Morgan fingerprint density at radius 2 is 2.50 bits per heavy atom. The lowest BCUT2D eigenvalue weighted by molar-refractivity contribution is 0.175. The highest BCUT2D eigenvalue weighted by Crippen LogP contribution is 2.19. The number of rotatable bonds is 3. The molecule has 2 aromatic rings. The molecule has 3 nitrogen and oxygen atoms in total. The van der Waals surface area contributed by atoms with Crippen LogP contribution in [0.4, 0.5) is 0 Å². The van der Waals surface area contributed by atoms with E-state index in [2.05, 4.69) is 4.98 Å². The third-order valence-electron chi connectivity index (χ3n) is 2.22. The Hall–Kier alpha value is -1.13. The van der Waals surface area contributed by atoms with Crippen molar-refractivity contribution in [1.82, 2.24) is 9.55 Å². The Bertz CT molecular complexity index is 394. The Labute approximate surface area is 86.7 Å². The number of hydrogen-bond donors (Lipinski definition) is 1. The second kappa shape index (κ2) is 3.94. The lowest BCUT2D eigenvalue weighted by Crippen LogP contribution is -2.05. The van der Waals surface area contributed by atoms with Gasteiger partial charge in [-0.25, -0.2) is 4.98 Å². The quantitative estimate of drug-likeness (QED) is 0.834. The third kappa shape index (κ3) is 1.86. The van der Waals surface area contributed by atoms with Crippen molar-refractivity contribution in [3.05, 3.63) is 40.6 Å². The van der Waals surface area contributed by atoms with Crippen LogP contribution in [0, 0.1) is 0 Å². The zero-order valence-electron chi connectivity index (χ0n) is 7.92. The van der Waals surface area contributed by atoms with Crippen LogP contribution in [0.25, 0.3) is 0 Å². The van der Waals surface area contributed by atoms with Crippen LogP contribution in [0.15, 0.2) is 29.2 Å². The van der Waals surface area contributed by atoms with E-state index in [0.717, 1.165) is 11.4 Å². The number of thiophene rings is 1. The smallest absolute Gasteiger partial charge is 0.111 e. The number of imidazole rings is 1. The molecular formula is C10H12N2OS. The topological polar surface area (TPSA) is 38.0 Å². The molecule has 0 saturated heterocycles. The summed E-state index contributed by atoms with van der Waals surface area (Å²) in [5.41, 5.74) is 0.970. The number of aryl methyl sites for hydroxylation is 1. The molecule has 0 spiro atoms. The average molecular weight is 208 g/mol. The molecule has 0 bridgehead atoms. The van der Waals surface area contributed by atoms with Gasteiger partial charge in [-0.05, 0) is 22.4 Å². The number of aromatic nitrogens is 2. The fourth-order valence-corrected chi connectivity index (χ4v) is 2.06. The van der Waals surface area contributed by atoms with Gasteiger partial charge in [-0.15, -0.1) is 0 Å². The zero-order valence-corrected chi connectivity index (χ0v) is 8.74. The summed E-state index contributed by atoms with van der Waals surface area (Å²) in [7, 11) is 1.93. The predicted molar refractivity (Wildman–Crippen MR) is 56.2 cm³/mol. The van der Waals surface area contributed by atoms with Crippen LogP contribution < -0.4 is 0 Å². The van der Waals surface area contributed by atoms with Gasteiger partial charge in [0.05, 0.1) is 6.10 Å². The van der Waals surface area contributed by atoms with Crippen molar-refractivity contribution < 1.29 is 5.11 Å². The van der Waals surface area contributed by atoms with Crippen molar-refractivity contribution in [2.75, 3.05) is 0 Å². The molecule has 0 aliphatic rings. The van der Waals surface area contributed by atoms with Crippen molar-refractivity contribution >= 4 is 11.3 Å². The van der Waals surface area contributed by atoms with Crippen molar-refractivity contribution in [3.63, 3.8) is 0 Å². The Kier molecular flexibility index (Phi) is 2.65. The van der Waals surface area contributed by atoms with Crippen LogP contribution in [0.2, 0.25) is 0 Å². The van der Waals surface area contributed by atoms with Gasteiger partial charge in [-0.2, -0.15) is 11.3 Å². The van der Waals surface area contributed by atoms with E-state index in [9.17, 15) is 5.11 Å².